The molecule has 0 aromatic heterocycles. The fourth-order valence-electron chi connectivity index (χ4n) is 3.92. The van der Waals surface area contributed by atoms with E-state index in [1.54, 1.807) is 12.1 Å². The lowest BCUT2D eigenvalue weighted by Gasteiger charge is -2.40. The predicted octanol–water partition coefficient (Wildman–Crippen LogP) is 4.52. The van der Waals surface area contributed by atoms with Gasteiger partial charge in [0, 0.05) is 35.8 Å². The van der Waals surface area contributed by atoms with Crippen molar-refractivity contribution >= 4 is 46.3 Å². The highest BCUT2D eigenvalue weighted by Gasteiger charge is 2.35. The van der Waals surface area contributed by atoms with Crippen LogP contribution in [0.2, 0.25) is 5.02 Å². The van der Waals surface area contributed by atoms with Crippen molar-refractivity contribution in [2.45, 2.75) is 48.6 Å². The van der Waals surface area contributed by atoms with Crippen LogP contribution in [-0.2, 0) is 21.8 Å². The lowest BCUT2D eigenvalue weighted by Crippen LogP contribution is -2.43. The molecule has 0 heterocycles. The van der Waals surface area contributed by atoms with Crippen LogP contribution < -0.4 is 11.1 Å². The molecule has 4 nitrogen and oxygen atoms in total. The molecule has 29 heavy (non-hydrogen) atoms. The number of hydrogen-bond acceptors (Lipinski definition) is 4. The number of sulfone groups is 1. The molecular formula is C21H29Cl3N2O2S. The molecule has 0 amide bonds. The van der Waals surface area contributed by atoms with Gasteiger partial charge >= 0.3 is 0 Å². The molecule has 2 aromatic rings. The maximum Gasteiger partial charge on any atom is 0.175 e. The van der Waals surface area contributed by atoms with Crippen LogP contribution in [0.3, 0.4) is 0 Å². The van der Waals surface area contributed by atoms with Crippen molar-refractivity contribution in [1.82, 2.24) is 5.32 Å². The van der Waals surface area contributed by atoms with Crippen LogP contribution in [0, 0.1) is 0 Å². The van der Waals surface area contributed by atoms with Crippen LogP contribution in [0.15, 0.2) is 53.4 Å². The van der Waals surface area contributed by atoms with E-state index in [0.717, 1.165) is 42.8 Å². The second kappa shape index (κ2) is 11.0. The van der Waals surface area contributed by atoms with Gasteiger partial charge in [0.15, 0.2) is 9.84 Å². The summed E-state index contributed by atoms with van der Waals surface area (Å²) in [5, 5.41) is 4.37. The van der Waals surface area contributed by atoms with Gasteiger partial charge in [0.25, 0.3) is 0 Å². The van der Waals surface area contributed by atoms with Gasteiger partial charge in [-0.3, -0.25) is 0 Å². The Morgan fingerprint density at radius 3 is 2.24 bits per heavy atom. The maximum atomic E-state index is 11.5. The topological polar surface area (TPSA) is 72.2 Å². The third-order valence-corrected chi connectivity index (χ3v) is 7.08. The number of hydrogen-bond donors (Lipinski definition) is 2. The van der Waals surface area contributed by atoms with Gasteiger partial charge in [-0.25, -0.2) is 8.42 Å². The SMILES string of the molecule is CS(=O)(=O)c1ccc(CN[C@H]2CC[C@](CN)(c3cccc(Cl)c3)CC2)cc1.Cl.Cl. The summed E-state index contributed by atoms with van der Waals surface area (Å²) in [4.78, 5) is 0.359. The number of benzene rings is 2. The van der Waals surface area contributed by atoms with E-state index in [9.17, 15) is 8.42 Å². The molecule has 3 rings (SSSR count). The highest BCUT2D eigenvalue weighted by Crippen LogP contribution is 2.39. The van der Waals surface area contributed by atoms with Crippen LogP contribution in [-0.4, -0.2) is 27.3 Å². The molecule has 0 bridgehead atoms. The zero-order valence-electron chi connectivity index (χ0n) is 16.4. The van der Waals surface area contributed by atoms with Gasteiger partial charge in [-0.1, -0.05) is 35.9 Å². The van der Waals surface area contributed by atoms with Crippen molar-refractivity contribution in [3.63, 3.8) is 0 Å². The second-order valence-corrected chi connectivity index (χ2v) is 10.0. The molecule has 1 aliphatic carbocycles. The molecule has 1 saturated carbocycles. The van der Waals surface area contributed by atoms with E-state index >= 15 is 0 Å². The molecule has 0 radical (unpaired) electrons. The van der Waals surface area contributed by atoms with Gasteiger partial charge < -0.3 is 11.1 Å². The number of rotatable bonds is 6. The summed E-state index contributed by atoms with van der Waals surface area (Å²) in [6, 6.07) is 15.6. The van der Waals surface area contributed by atoms with Gasteiger partial charge in [-0.2, -0.15) is 0 Å². The van der Waals surface area contributed by atoms with Gasteiger partial charge in [0.05, 0.1) is 4.90 Å². The smallest absolute Gasteiger partial charge is 0.175 e. The molecular weight excluding hydrogens is 451 g/mol. The molecule has 0 atom stereocenters. The van der Waals surface area contributed by atoms with Crippen LogP contribution >= 0.6 is 36.4 Å². The van der Waals surface area contributed by atoms with Crippen LogP contribution in [0.4, 0.5) is 0 Å². The van der Waals surface area contributed by atoms with Crippen molar-refractivity contribution in [3.8, 4) is 0 Å². The van der Waals surface area contributed by atoms with Crippen LogP contribution in [0.5, 0.6) is 0 Å². The number of halogens is 3. The Bertz CT molecular complexity index is 881. The number of nitrogens with one attached hydrogen (secondary N) is 1. The molecule has 8 heteroatoms. The lowest BCUT2D eigenvalue weighted by molar-refractivity contribution is 0.251. The molecule has 162 valence electrons. The van der Waals surface area contributed by atoms with Gasteiger partial charge in [0.2, 0.25) is 0 Å². The van der Waals surface area contributed by atoms with E-state index in [1.807, 2.05) is 30.3 Å². The first kappa shape index (κ1) is 26.2. The van der Waals surface area contributed by atoms with Crippen molar-refractivity contribution in [2.75, 3.05) is 12.8 Å². The van der Waals surface area contributed by atoms with Gasteiger partial charge in [-0.05, 0) is 61.1 Å². The van der Waals surface area contributed by atoms with Crippen molar-refractivity contribution in [1.29, 1.82) is 0 Å². The monoisotopic (exact) mass is 478 g/mol. The summed E-state index contributed by atoms with van der Waals surface area (Å²) < 4.78 is 23.1. The van der Waals surface area contributed by atoms with Gasteiger partial charge in [-0.15, -0.1) is 24.8 Å². The second-order valence-electron chi connectivity index (χ2n) is 7.57. The minimum atomic E-state index is -3.14. The van der Waals surface area contributed by atoms with E-state index < -0.39 is 9.84 Å². The fraction of sp³-hybridized carbons (Fsp3) is 0.429. The molecule has 1 aliphatic rings. The molecule has 2 aromatic carbocycles. The van der Waals surface area contributed by atoms with E-state index in [4.69, 9.17) is 17.3 Å². The maximum absolute atomic E-state index is 11.5. The standard InChI is InChI=1S/C21H27ClN2O2S.2ClH/c1-27(25,26)20-7-5-16(6-8-20)14-24-19-9-11-21(15-23,12-10-19)17-3-2-4-18(22)13-17;;/h2-8,13,19,24H,9-12,14-15,23H2,1H3;2*1H/t19-,21-;;. The van der Waals surface area contributed by atoms with Crippen LogP contribution in [0.1, 0.15) is 36.8 Å². The van der Waals surface area contributed by atoms with Crippen LogP contribution in [0.25, 0.3) is 0 Å². The Kier molecular flexibility index (Phi) is 9.93. The zero-order chi connectivity index (χ0) is 19.5. The Morgan fingerprint density at radius 1 is 1.10 bits per heavy atom. The predicted molar refractivity (Wildman–Crippen MR) is 125 cm³/mol. The fourth-order valence-corrected chi connectivity index (χ4v) is 4.74. The van der Waals surface area contributed by atoms with Crippen molar-refractivity contribution in [2.24, 2.45) is 5.73 Å². The van der Waals surface area contributed by atoms with Crippen molar-refractivity contribution < 1.29 is 8.42 Å². The summed E-state index contributed by atoms with van der Waals surface area (Å²) in [5.74, 6) is 0. The molecule has 0 saturated heterocycles. The molecule has 1 fully saturated rings. The molecule has 0 aliphatic heterocycles. The third-order valence-electron chi connectivity index (χ3n) is 5.72. The van der Waals surface area contributed by atoms with Crippen molar-refractivity contribution in [3.05, 3.63) is 64.7 Å². The van der Waals surface area contributed by atoms with E-state index in [2.05, 4.69) is 11.4 Å². The zero-order valence-corrected chi connectivity index (χ0v) is 19.6. The summed E-state index contributed by atoms with van der Waals surface area (Å²) in [6.07, 6.45) is 5.42. The first-order chi connectivity index (χ1) is 12.8. The Balaban J connectivity index is 0.00000210. The highest BCUT2D eigenvalue weighted by molar-refractivity contribution is 7.90. The Hall–Kier alpha value is -0.820. The summed E-state index contributed by atoms with van der Waals surface area (Å²) in [5.41, 5.74) is 8.52. The van der Waals surface area contributed by atoms with E-state index in [0.29, 0.717) is 17.5 Å². The molecule has 0 spiro atoms. The normalized spacial score (nSPS) is 21.7. The average molecular weight is 480 g/mol. The molecule has 0 unspecified atom stereocenters. The summed E-state index contributed by atoms with van der Waals surface area (Å²) >= 11 is 6.18. The van der Waals surface area contributed by atoms with E-state index in [-0.39, 0.29) is 30.2 Å². The highest BCUT2D eigenvalue weighted by atomic mass is 35.5. The summed E-state index contributed by atoms with van der Waals surface area (Å²) in [6.45, 7) is 1.37. The lowest BCUT2D eigenvalue weighted by atomic mass is 9.68. The largest absolute Gasteiger partial charge is 0.330 e. The Morgan fingerprint density at radius 2 is 1.72 bits per heavy atom. The Labute approximate surface area is 191 Å². The minimum absolute atomic E-state index is 0. The van der Waals surface area contributed by atoms with E-state index in [1.165, 1.54) is 11.8 Å². The summed E-state index contributed by atoms with van der Waals surface area (Å²) in [7, 11) is -3.14. The molecule has 3 N–H and O–H groups in total. The quantitative estimate of drug-likeness (QED) is 0.639. The first-order valence-electron chi connectivity index (χ1n) is 9.31. The number of nitrogens with two attached hydrogens (primary N) is 1. The third kappa shape index (κ3) is 6.58. The first-order valence-corrected chi connectivity index (χ1v) is 11.6. The van der Waals surface area contributed by atoms with Gasteiger partial charge in [0.1, 0.15) is 0 Å². The average Bonchev–Trinajstić information content (AvgIpc) is 2.66. The minimum Gasteiger partial charge on any atom is -0.330 e.